The number of ketones is 2. The highest BCUT2D eigenvalue weighted by atomic mass is 16.7. The third-order valence-corrected chi connectivity index (χ3v) is 17.4. The molecule has 6 rings (SSSR count). The van der Waals surface area contributed by atoms with Crippen LogP contribution >= 0.6 is 0 Å². The van der Waals surface area contributed by atoms with Gasteiger partial charge >= 0.3 is 0 Å². The zero-order chi connectivity index (χ0) is 39.1. The summed E-state index contributed by atoms with van der Waals surface area (Å²) in [6, 6.07) is 0. The molecule has 0 N–H and O–H groups in total. The van der Waals surface area contributed by atoms with Gasteiger partial charge in [0.05, 0.1) is 36.4 Å². The van der Waals surface area contributed by atoms with E-state index in [9.17, 15) is 9.59 Å². The summed E-state index contributed by atoms with van der Waals surface area (Å²) in [6.07, 6.45) is 10.6. The van der Waals surface area contributed by atoms with Crippen LogP contribution in [0.1, 0.15) is 120 Å². The lowest BCUT2D eigenvalue weighted by molar-refractivity contribution is -0.221. The summed E-state index contributed by atoms with van der Waals surface area (Å²) in [5.41, 5.74) is -0.547. The highest BCUT2D eigenvalue weighted by Gasteiger charge is 2.69. The Morgan fingerprint density at radius 1 is 0.604 bits per heavy atom. The van der Waals surface area contributed by atoms with E-state index in [1.807, 2.05) is 14.2 Å². The summed E-state index contributed by atoms with van der Waals surface area (Å²) < 4.78 is 40.7. The van der Waals surface area contributed by atoms with Gasteiger partial charge in [0.2, 0.25) is 0 Å². The average molecular weight is 749 g/mol. The van der Waals surface area contributed by atoms with Crippen molar-refractivity contribution in [1.82, 2.24) is 0 Å². The number of methoxy groups -OCH3 is 5. The van der Waals surface area contributed by atoms with Gasteiger partial charge in [-0.3, -0.25) is 9.59 Å². The monoisotopic (exact) mass is 749 g/mol. The lowest BCUT2D eigenvalue weighted by Gasteiger charge is -2.62. The van der Waals surface area contributed by atoms with Crippen molar-refractivity contribution >= 4 is 11.6 Å². The van der Waals surface area contributed by atoms with Crippen molar-refractivity contribution in [3.63, 3.8) is 0 Å². The number of carbonyl (C=O) groups excluding carboxylic acids is 2. The van der Waals surface area contributed by atoms with E-state index in [4.69, 9.17) is 33.2 Å². The molecule has 9 heteroatoms. The summed E-state index contributed by atoms with van der Waals surface area (Å²) in [5.74, 6) is 2.66. The fraction of sp³-hybridized carbons (Fsp3) is 0.955. The van der Waals surface area contributed by atoms with E-state index in [1.165, 1.54) is 6.42 Å². The number of rotatable bonds is 10. The maximum absolute atomic E-state index is 13.8. The summed E-state index contributed by atoms with van der Waals surface area (Å²) >= 11 is 0. The Balaban J connectivity index is 0.000000206. The Morgan fingerprint density at radius 2 is 1.06 bits per heavy atom. The smallest absolute Gasteiger partial charge is 0.146 e. The van der Waals surface area contributed by atoms with Crippen molar-refractivity contribution in [3.05, 3.63) is 0 Å². The Morgan fingerprint density at radius 3 is 1.53 bits per heavy atom. The van der Waals surface area contributed by atoms with Crippen molar-refractivity contribution in [1.29, 1.82) is 0 Å². The van der Waals surface area contributed by atoms with Crippen LogP contribution in [-0.4, -0.2) is 91.7 Å². The van der Waals surface area contributed by atoms with Gasteiger partial charge in [0.1, 0.15) is 25.2 Å². The molecule has 0 aliphatic heterocycles. The van der Waals surface area contributed by atoms with Crippen molar-refractivity contribution in [3.8, 4) is 0 Å². The molecule has 6 aliphatic rings. The van der Waals surface area contributed by atoms with E-state index in [0.29, 0.717) is 55.1 Å². The Hall–Kier alpha value is -0.940. The molecule has 0 saturated heterocycles. The zero-order valence-corrected chi connectivity index (χ0v) is 35.7. The first-order valence-electron chi connectivity index (χ1n) is 20.9. The van der Waals surface area contributed by atoms with Crippen LogP contribution in [0.4, 0.5) is 0 Å². The second-order valence-corrected chi connectivity index (χ2v) is 19.3. The van der Waals surface area contributed by atoms with Crippen molar-refractivity contribution in [2.24, 2.45) is 68.5 Å². The minimum atomic E-state index is -0.548. The fourth-order valence-electron chi connectivity index (χ4n) is 14.1. The lowest BCUT2D eigenvalue weighted by Crippen LogP contribution is -2.63. The molecule has 0 aromatic carbocycles. The first kappa shape index (κ1) is 43.2. The van der Waals surface area contributed by atoms with Crippen LogP contribution < -0.4 is 0 Å². The molecule has 0 amide bonds. The Bertz CT molecular complexity index is 1280. The number of hydrogen-bond acceptors (Lipinski definition) is 9. The van der Waals surface area contributed by atoms with Gasteiger partial charge in [0.15, 0.2) is 0 Å². The second-order valence-electron chi connectivity index (χ2n) is 19.3. The van der Waals surface area contributed by atoms with Crippen molar-refractivity contribution in [2.45, 2.75) is 144 Å². The molecule has 16 atom stereocenters. The molecule has 6 fully saturated rings. The van der Waals surface area contributed by atoms with E-state index < -0.39 is 5.41 Å². The number of carbonyl (C=O) groups is 2. The van der Waals surface area contributed by atoms with Crippen molar-refractivity contribution < 1.29 is 42.7 Å². The summed E-state index contributed by atoms with van der Waals surface area (Å²) in [6.45, 7) is 19.0. The molecule has 0 spiro atoms. The van der Waals surface area contributed by atoms with Gasteiger partial charge in [0, 0.05) is 64.1 Å². The van der Waals surface area contributed by atoms with Gasteiger partial charge in [-0.2, -0.15) is 0 Å². The maximum atomic E-state index is 13.8. The van der Waals surface area contributed by atoms with E-state index in [2.05, 4.69) is 55.4 Å². The van der Waals surface area contributed by atoms with Gasteiger partial charge < -0.3 is 33.2 Å². The van der Waals surface area contributed by atoms with Crippen LogP contribution in [0.25, 0.3) is 0 Å². The molecule has 0 heterocycles. The molecular formula is C44H76O9. The molecule has 0 radical (unpaired) electrons. The quantitative estimate of drug-likeness (QED) is 0.205. The molecule has 53 heavy (non-hydrogen) atoms. The number of hydrogen-bond donors (Lipinski definition) is 0. The summed E-state index contributed by atoms with van der Waals surface area (Å²) in [5, 5.41) is 0. The van der Waals surface area contributed by atoms with Gasteiger partial charge in [-0.05, 0) is 98.7 Å². The first-order valence-corrected chi connectivity index (χ1v) is 20.9. The molecule has 4 unspecified atom stereocenters. The van der Waals surface area contributed by atoms with Gasteiger partial charge in [-0.1, -0.05) is 55.4 Å². The summed E-state index contributed by atoms with van der Waals surface area (Å²) in [7, 11) is 8.69. The normalized spacial score (nSPS) is 49.5. The molecule has 9 nitrogen and oxygen atoms in total. The molecule has 6 aliphatic carbocycles. The topological polar surface area (TPSA) is 98.8 Å². The predicted octanol–water partition coefficient (Wildman–Crippen LogP) is 8.15. The largest absolute Gasteiger partial charge is 0.384 e. The zero-order valence-electron chi connectivity index (χ0n) is 35.7. The lowest BCUT2D eigenvalue weighted by atomic mass is 9.44. The van der Waals surface area contributed by atoms with E-state index >= 15 is 0 Å². The third-order valence-electron chi connectivity index (χ3n) is 17.4. The van der Waals surface area contributed by atoms with Crippen molar-refractivity contribution in [2.75, 3.05) is 55.7 Å². The van der Waals surface area contributed by atoms with Crippen LogP contribution in [0.15, 0.2) is 0 Å². The third kappa shape index (κ3) is 6.84. The SMILES string of the molecule is COCO[C@@H]1C[C@@](C)(COC)C(=O)[C@H](C)C23CC[C@@H](C)[C@]1(C)C2[C@H](OC)CC3.COCO[C@@H]1C[C@H](C)C(=O)[C@H](C)C23CC[C@@H](C)[C@]1(C)C2[C@H](OC)CC3. The fourth-order valence-corrected chi connectivity index (χ4v) is 14.1. The van der Waals surface area contributed by atoms with E-state index in [-0.39, 0.29) is 70.6 Å². The highest BCUT2D eigenvalue weighted by molar-refractivity contribution is 5.88. The average Bonchev–Trinajstić information content (AvgIpc) is 3.74. The van der Waals surface area contributed by atoms with Gasteiger partial charge in [0.25, 0.3) is 0 Å². The first-order chi connectivity index (χ1) is 25.0. The molecule has 4 bridgehead atoms. The molecule has 6 saturated carbocycles. The van der Waals surface area contributed by atoms with E-state index in [0.717, 1.165) is 51.4 Å². The number of ether oxygens (including phenoxy) is 7. The Kier molecular flexibility index (Phi) is 13.4. The van der Waals surface area contributed by atoms with Crippen LogP contribution in [0.5, 0.6) is 0 Å². The second kappa shape index (κ2) is 16.5. The number of Topliss-reactive ketones (excluding diaryl/α,β-unsaturated/α-hetero) is 2. The Labute approximate surface area is 322 Å². The molecule has 306 valence electrons. The van der Waals surface area contributed by atoms with Crippen LogP contribution in [0.2, 0.25) is 0 Å². The molecule has 0 aromatic heterocycles. The minimum absolute atomic E-state index is 0.00741. The summed E-state index contributed by atoms with van der Waals surface area (Å²) in [4.78, 5) is 27.0. The van der Waals surface area contributed by atoms with Crippen LogP contribution in [0, 0.1) is 68.5 Å². The standard InChI is InChI=1S/C23H40O5.C21H36O4/c1-15-8-10-23-11-9-17(27-7)19(23)22(15,4)18(28-14-26-6)12-21(3,13-25-5)20(24)16(23)2;1-13-11-17(25-12-23-5)20(4)14(2)7-9-21(15(3)18(13)22)10-8-16(24-6)19(20)21/h15-19H,8-14H2,1-7H3;13-17,19H,7-12H2,1-6H3/t15-,16+,17-,18-,19?,21+,22+,23?;13-,14+,15-,16+,17+,19?,20-,21?/m10/s1. The van der Waals surface area contributed by atoms with Gasteiger partial charge in [-0.25, -0.2) is 0 Å². The minimum Gasteiger partial charge on any atom is -0.384 e. The van der Waals surface area contributed by atoms with Crippen LogP contribution in [-0.2, 0) is 42.7 Å². The van der Waals surface area contributed by atoms with Crippen LogP contribution in [0.3, 0.4) is 0 Å². The molecule has 0 aromatic rings. The maximum Gasteiger partial charge on any atom is 0.146 e. The highest BCUT2D eigenvalue weighted by Crippen LogP contribution is 2.70. The van der Waals surface area contributed by atoms with Gasteiger partial charge in [-0.15, -0.1) is 0 Å². The predicted molar refractivity (Wildman–Crippen MR) is 205 cm³/mol. The molecular weight excluding hydrogens is 672 g/mol. The van der Waals surface area contributed by atoms with E-state index in [1.54, 1.807) is 21.3 Å².